The number of hydrogen-bond acceptors (Lipinski definition) is 1. The summed E-state index contributed by atoms with van der Waals surface area (Å²) in [7, 11) is 0. The van der Waals surface area contributed by atoms with Gasteiger partial charge >= 0.3 is 6.85 Å². The number of allylic oxidation sites excluding steroid dienone is 2. The number of nitrogens with zero attached hydrogens (tertiary/aromatic N) is 1. The molecule has 2 heterocycles. The first-order valence-corrected chi connectivity index (χ1v) is 6.26. The van der Waals surface area contributed by atoms with Crippen LogP contribution in [0.2, 0.25) is 0 Å². The molecule has 0 saturated heterocycles. The van der Waals surface area contributed by atoms with Crippen molar-refractivity contribution in [2.75, 3.05) is 0 Å². The first kappa shape index (κ1) is 9.78. The van der Waals surface area contributed by atoms with E-state index in [1.54, 1.807) is 0 Å². The Morgan fingerprint density at radius 3 is 2.89 bits per heavy atom. The quantitative estimate of drug-likeness (QED) is 0.623. The third-order valence-corrected chi connectivity index (χ3v) is 3.65. The molecule has 2 aromatic rings. The van der Waals surface area contributed by atoms with Crippen molar-refractivity contribution in [2.24, 2.45) is 0 Å². The second kappa shape index (κ2) is 3.64. The highest BCUT2D eigenvalue weighted by molar-refractivity contribution is 6.76. The average molecular weight is 229 g/mol. The molecule has 0 radical (unpaired) electrons. The lowest BCUT2D eigenvalue weighted by atomic mass is 9.58. The van der Waals surface area contributed by atoms with Crippen LogP contribution in [0.5, 0.6) is 0 Å². The molecular formula is C16H12BN. The third kappa shape index (κ3) is 1.35. The van der Waals surface area contributed by atoms with Gasteiger partial charge in [-0.3, -0.25) is 0 Å². The summed E-state index contributed by atoms with van der Waals surface area (Å²) in [4.78, 5) is 2.25. The summed E-state index contributed by atoms with van der Waals surface area (Å²) in [5.41, 5.74) is 0. The molecule has 0 atom stereocenters. The normalized spacial score (nSPS) is 16.0. The Morgan fingerprint density at radius 2 is 1.89 bits per heavy atom. The summed E-state index contributed by atoms with van der Waals surface area (Å²) in [6, 6.07) is 13.0. The molecule has 0 saturated carbocycles. The van der Waals surface area contributed by atoms with Crippen molar-refractivity contribution in [2.45, 2.75) is 0 Å². The predicted molar refractivity (Wildman–Crippen MR) is 78.0 cm³/mol. The van der Waals surface area contributed by atoms with E-state index in [1.165, 1.54) is 21.2 Å². The minimum absolute atomic E-state index is 0.355. The molecule has 2 aromatic carbocycles. The highest BCUT2D eigenvalue weighted by atomic mass is 15.0. The van der Waals surface area contributed by atoms with E-state index in [4.69, 9.17) is 0 Å². The van der Waals surface area contributed by atoms with Gasteiger partial charge in [-0.2, -0.15) is 0 Å². The fourth-order valence-corrected chi connectivity index (χ4v) is 2.74. The second-order valence-electron chi connectivity index (χ2n) is 4.75. The number of hydrogen-bond donors (Lipinski definition) is 0. The van der Waals surface area contributed by atoms with Crippen molar-refractivity contribution >= 4 is 29.8 Å². The van der Waals surface area contributed by atoms with Crippen molar-refractivity contribution in [3.63, 3.8) is 0 Å². The van der Waals surface area contributed by atoms with Crippen molar-refractivity contribution in [1.29, 1.82) is 0 Å². The average Bonchev–Trinajstić information content (AvgIpc) is 2.45. The number of benzene rings is 2. The molecule has 84 valence electrons. The van der Waals surface area contributed by atoms with Crippen LogP contribution >= 0.6 is 0 Å². The van der Waals surface area contributed by atoms with E-state index in [0.29, 0.717) is 6.85 Å². The van der Waals surface area contributed by atoms with Crippen molar-refractivity contribution in [3.05, 3.63) is 71.2 Å². The van der Waals surface area contributed by atoms with Gasteiger partial charge in [0.2, 0.25) is 0 Å². The van der Waals surface area contributed by atoms with E-state index >= 15 is 0 Å². The first-order valence-electron chi connectivity index (χ1n) is 6.26. The van der Waals surface area contributed by atoms with E-state index in [2.05, 4.69) is 77.7 Å². The molecule has 0 spiro atoms. The Balaban J connectivity index is 2.11. The summed E-state index contributed by atoms with van der Waals surface area (Å²) in [6.07, 6.45) is 8.54. The van der Waals surface area contributed by atoms with Gasteiger partial charge in [0.15, 0.2) is 0 Å². The van der Waals surface area contributed by atoms with Crippen LogP contribution in [0.15, 0.2) is 60.7 Å². The minimum Gasteiger partial charge on any atom is -0.389 e. The Labute approximate surface area is 106 Å². The molecule has 0 unspecified atom stereocenters. The molecule has 0 N–H and O–H groups in total. The molecule has 1 nitrogen and oxygen atoms in total. The molecule has 0 aliphatic carbocycles. The smallest absolute Gasteiger partial charge is 0.312 e. The Bertz CT molecular complexity index is 801. The topological polar surface area (TPSA) is 3.24 Å². The monoisotopic (exact) mass is 229 g/mol. The van der Waals surface area contributed by atoms with Crippen LogP contribution in [0.25, 0.3) is 22.9 Å². The van der Waals surface area contributed by atoms with Gasteiger partial charge in [-0.1, -0.05) is 54.4 Å². The Morgan fingerprint density at radius 1 is 0.944 bits per heavy atom. The lowest BCUT2D eigenvalue weighted by Gasteiger charge is -2.24. The van der Waals surface area contributed by atoms with E-state index < -0.39 is 0 Å². The van der Waals surface area contributed by atoms with Gasteiger partial charge in [-0.05, 0) is 39.7 Å². The third-order valence-electron chi connectivity index (χ3n) is 3.65. The fraction of sp³-hybridized carbons (Fsp3) is 0. The Hall–Kier alpha value is -2.22. The standard InChI is InChI=1S/C16H12BN/c1-2-6-15-13(5-1)7-8-14-12-18-10-4-3-9-17(18)11-16(14)15/h1-12H. The van der Waals surface area contributed by atoms with Gasteiger partial charge in [0, 0.05) is 0 Å². The second-order valence-corrected chi connectivity index (χ2v) is 4.75. The molecule has 2 aliphatic rings. The van der Waals surface area contributed by atoms with Crippen LogP contribution in [-0.2, 0) is 0 Å². The van der Waals surface area contributed by atoms with Crippen molar-refractivity contribution in [3.8, 4) is 0 Å². The van der Waals surface area contributed by atoms with E-state index in [-0.39, 0.29) is 0 Å². The predicted octanol–water partition coefficient (Wildman–Crippen LogP) is 1.83. The maximum absolute atomic E-state index is 2.34. The molecular weight excluding hydrogens is 217 g/mol. The lowest BCUT2D eigenvalue weighted by Crippen LogP contribution is -2.42. The van der Waals surface area contributed by atoms with Crippen LogP contribution in [-0.4, -0.2) is 11.7 Å². The molecule has 0 fully saturated rings. The van der Waals surface area contributed by atoms with E-state index in [0.717, 1.165) is 0 Å². The van der Waals surface area contributed by atoms with Crippen LogP contribution in [0.4, 0.5) is 0 Å². The molecule has 0 bridgehead atoms. The summed E-state index contributed by atoms with van der Waals surface area (Å²) in [5.74, 6) is 4.57. The van der Waals surface area contributed by atoms with Gasteiger partial charge in [0.05, 0.1) is 0 Å². The van der Waals surface area contributed by atoms with Gasteiger partial charge in [-0.15, -0.1) is 0 Å². The van der Waals surface area contributed by atoms with Gasteiger partial charge < -0.3 is 4.81 Å². The zero-order valence-corrected chi connectivity index (χ0v) is 9.95. The lowest BCUT2D eigenvalue weighted by molar-refractivity contribution is 0.858. The Kier molecular flexibility index (Phi) is 1.98. The van der Waals surface area contributed by atoms with Crippen LogP contribution < -0.4 is 10.4 Å². The van der Waals surface area contributed by atoms with E-state index in [9.17, 15) is 0 Å². The molecule has 4 rings (SSSR count). The SMILES string of the molecule is C1=CB2C=c3c(ccc4ccccc34)=CN2C=C1. The van der Waals surface area contributed by atoms with Crippen molar-refractivity contribution in [1.82, 2.24) is 4.81 Å². The van der Waals surface area contributed by atoms with Crippen LogP contribution in [0, 0.1) is 0 Å². The number of fused-ring (bicyclic) bond motifs is 4. The molecule has 2 aliphatic heterocycles. The number of rotatable bonds is 0. The highest BCUT2D eigenvalue weighted by Gasteiger charge is 2.18. The summed E-state index contributed by atoms with van der Waals surface area (Å²) in [6.45, 7) is 0.355. The fourth-order valence-electron chi connectivity index (χ4n) is 2.74. The maximum Gasteiger partial charge on any atom is 0.312 e. The van der Waals surface area contributed by atoms with E-state index in [1.807, 2.05) is 0 Å². The molecule has 0 amide bonds. The van der Waals surface area contributed by atoms with Gasteiger partial charge in [-0.25, -0.2) is 0 Å². The summed E-state index contributed by atoms with van der Waals surface area (Å²) in [5, 5.41) is 5.30. The molecule has 18 heavy (non-hydrogen) atoms. The molecule has 0 aromatic heterocycles. The zero-order chi connectivity index (χ0) is 11.9. The maximum atomic E-state index is 2.34. The highest BCUT2D eigenvalue weighted by Crippen LogP contribution is 2.11. The largest absolute Gasteiger partial charge is 0.389 e. The van der Waals surface area contributed by atoms with Crippen molar-refractivity contribution < 1.29 is 0 Å². The van der Waals surface area contributed by atoms with Crippen LogP contribution in [0.3, 0.4) is 0 Å². The first-order chi connectivity index (χ1) is 8.92. The van der Waals surface area contributed by atoms with Gasteiger partial charge in [0.25, 0.3) is 0 Å². The zero-order valence-electron chi connectivity index (χ0n) is 9.95. The van der Waals surface area contributed by atoms with Crippen LogP contribution in [0.1, 0.15) is 0 Å². The summed E-state index contributed by atoms with van der Waals surface area (Å²) >= 11 is 0. The minimum atomic E-state index is 0.355. The summed E-state index contributed by atoms with van der Waals surface area (Å²) < 4.78 is 0. The molecule has 2 heteroatoms. The van der Waals surface area contributed by atoms with Gasteiger partial charge in [0.1, 0.15) is 0 Å².